The predicted octanol–water partition coefficient (Wildman–Crippen LogP) is 3.00. The number of benzene rings is 1. The van der Waals surface area contributed by atoms with E-state index >= 15 is 0 Å². The van der Waals surface area contributed by atoms with E-state index < -0.39 is 0 Å². The lowest BCUT2D eigenvalue weighted by molar-refractivity contribution is 0.305. The number of nitrogens with zero attached hydrogens (tertiary/aromatic N) is 1. The number of para-hydroxylation sites is 1. The van der Waals surface area contributed by atoms with Crippen molar-refractivity contribution >= 4 is 10.9 Å². The van der Waals surface area contributed by atoms with Gasteiger partial charge in [-0.3, -0.25) is 4.98 Å². The standard InChI is InChI=1S/C15H20N2O/c1-2-16-9-5-6-10-18-14-11-13-7-3-4-8-15(13)17-12-14/h3-4,7-8,11-12,16H,2,5-6,9-10H2,1H3. The zero-order valence-electron chi connectivity index (χ0n) is 10.9. The van der Waals surface area contributed by atoms with Crippen molar-refractivity contribution in [3.8, 4) is 5.75 Å². The highest BCUT2D eigenvalue weighted by atomic mass is 16.5. The van der Waals surface area contributed by atoms with Gasteiger partial charge in [-0.2, -0.15) is 0 Å². The first-order valence-corrected chi connectivity index (χ1v) is 6.58. The first-order valence-electron chi connectivity index (χ1n) is 6.58. The average Bonchev–Trinajstić information content (AvgIpc) is 2.42. The third-order valence-electron chi connectivity index (χ3n) is 2.83. The van der Waals surface area contributed by atoms with E-state index in [9.17, 15) is 0 Å². The number of ether oxygens (including phenoxy) is 1. The maximum atomic E-state index is 5.70. The molecule has 0 unspecified atom stereocenters. The molecule has 0 radical (unpaired) electrons. The molecule has 0 aliphatic rings. The van der Waals surface area contributed by atoms with Gasteiger partial charge in [0.1, 0.15) is 5.75 Å². The van der Waals surface area contributed by atoms with Gasteiger partial charge in [-0.05, 0) is 38.1 Å². The van der Waals surface area contributed by atoms with Gasteiger partial charge in [-0.15, -0.1) is 0 Å². The first kappa shape index (κ1) is 12.8. The van der Waals surface area contributed by atoms with Gasteiger partial charge in [0.05, 0.1) is 18.3 Å². The second-order valence-corrected chi connectivity index (χ2v) is 4.27. The maximum absolute atomic E-state index is 5.70. The Hall–Kier alpha value is -1.61. The summed E-state index contributed by atoms with van der Waals surface area (Å²) in [5.74, 6) is 0.858. The lowest BCUT2D eigenvalue weighted by atomic mass is 10.2. The molecule has 96 valence electrons. The number of hydrogen-bond acceptors (Lipinski definition) is 3. The Bertz CT molecular complexity index is 485. The molecule has 0 spiro atoms. The van der Waals surface area contributed by atoms with Gasteiger partial charge >= 0.3 is 0 Å². The molecule has 18 heavy (non-hydrogen) atoms. The third kappa shape index (κ3) is 3.70. The van der Waals surface area contributed by atoms with Gasteiger partial charge in [0.2, 0.25) is 0 Å². The number of rotatable bonds is 7. The summed E-state index contributed by atoms with van der Waals surface area (Å²) in [6.45, 7) is 4.98. The van der Waals surface area contributed by atoms with Crippen LogP contribution in [0.3, 0.4) is 0 Å². The number of pyridine rings is 1. The van der Waals surface area contributed by atoms with Crippen molar-refractivity contribution in [3.63, 3.8) is 0 Å². The summed E-state index contributed by atoms with van der Waals surface area (Å²) in [5.41, 5.74) is 1.01. The van der Waals surface area contributed by atoms with Gasteiger partial charge in [0.15, 0.2) is 0 Å². The molecule has 2 rings (SSSR count). The molecule has 0 atom stereocenters. The highest BCUT2D eigenvalue weighted by Gasteiger charge is 1.98. The number of nitrogens with one attached hydrogen (secondary N) is 1. The molecule has 0 amide bonds. The van der Waals surface area contributed by atoms with Crippen LogP contribution >= 0.6 is 0 Å². The summed E-state index contributed by atoms with van der Waals surface area (Å²) in [6, 6.07) is 10.1. The quantitative estimate of drug-likeness (QED) is 0.760. The molecule has 1 aromatic heterocycles. The van der Waals surface area contributed by atoms with Crippen molar-refractivity contribution < 1.29 is 4.74 Å². The maximum Gasteiger partial charge on any atom is 0.138 e. The Morgan fingerprint density at radius 3 is 3.00 bits per heavy atom. The van der Waals surface area contributed by atoms with E-state index in [2.05, 4.69) is 23.3 Å². The van der Waals surface area contributed by atoms with Crippen molar-refractivity contribution in [3.05, 3.63) is 36.5 Å². The second kappa shape index (κ2) is 6.97. The van der Waals surface area contributed by atoms with Gasteiger partial charge in [-0.25, -0.2) is 0 Å². The van der Waals surface area contributed by atoms with E-state index in [4.69, 9.17) is 4.74 Å². The van der Waals surface area contributed by atoms with Gasteiger partial charge in [-0.1, -0.05) is 25.1 Å². The first-order chi connectivity index (χ1) is 8.90. The number of fused-ring (bicyclic) bond motifs is 1. The van der Waals surface area contributed by atoms with E-state index in [0.29, 0.717) is 0 Å². The van der Waals surface area contributed by atoms with Crippen LogP contribution in [0.2, 0.25) is 0 Å². The highest BCUT2D eigenvalue weighted by Crippen LogP contribution is 2.17. The molecule has 0 bridgehead atoms. The topological polar surface area (TPSA) is 34.1 Å². The molecule has 0 aliphatic heterocycles. The molecular formula is C15H20N2O. The van der Waals surface area contributed by atoms with E-state index in [-0.39, 0.29) is 0 Å². The molecule has 3 nitrogen and oxygen atoms in total. The molecule has 0 fully saturated rings. The van der Waals surface area contributed by atoms with Gasteiger partial charge in [0, 0.05) is 5.39 Å². The number of unbranched alkanes of at least 4 members (excludes halogenated alkanes) is 1. The van der Waals surface area contributed by atoms with Crippen molar-refractivity contribution in [2.45, 2.75) is 19.8 Å². The van der Waals surface area contributed by atoms with Crippen LogP contribution in [-0.2, 0) is 0 Å². The zero-order chi connectivity index (χ0) is 12.6. The smallest absolute Gasteiger partial charge is 0.138 e. The van der Waals surface area contributed by atoms with Crippen molar-refractivity contribution in [1.29, 1.82) is 0 Å². The van der Waals surface area contributed by atoms with Crippen molar-refractivity contribution in [1.82, 2.24) is 10.3 Å². The third-order valence-corrected chi connectivity index (χ3v) is 2.83. The number of hydrogen-bond donors (Lipinski definition) is 1. The zero-order valence-corrected chi connectivity index (χ0v) is 10.9. The fraction of sp³-hybridized carbons (Fsp3) is 0.400. The molecule has 1 aromatic carbocycles. The normalized spacial score (nSPS) is 10.7. The molecule has 0 aliphatic carbocycles. The number of aromatic nitrogens is 1. The minimum atomic E-state index is 0.755. The molecule has 3 heteroatoms. The van der Waals surface area contributed by atoms with Crippen LogP contribution in [-0.4, -0.2) is 24.7 Å². The minimum Gasteiger partial charge on any atom is -0.492 e. The molecule has 0 saturated carbocycles. The van der Waals surface area contributed by atoms with E-state index in [1.165, 1.54) is 0 Å². The molecular weight excluding hydrogens is 224 g/mol. The molecule has 1 N–H and O–H groups in total. The van der Waals surface area contributed by atoms with Crippen LogP contribution in [0, 0.1) is 0 Å². The lowest BCUT2D eigenvalue weighted by Gasteiger charge is -2.07. The Morgan fingerprint density at radius 1 is 1.22 bits per heavy atom. The largest absolute Gasteiger partial charge is 0.492 e. The summed E-state index contributed by atoms with van der Waals surface area (Å²) in [5, 5.41) is 4.43. The average molecular weight is 244 g/mol. The van der Waals surface area contributed by atoms with Crippen molar-refractivity contribution in [2.24, 2.45) is 0 Å². The summed E-state index contributed by atoms with van der Waals surface area (Å²) < 4.78 is 5.70. The summed E-state index contributed by atoms with van der Waals surface area (Å²) >= 11 is 0. The van der Waals surface area contributed by atoms with Crippen LogP contribution in [0.4, 0.5) is 0 Å². The summed E-state index contributed by atoms with van der Waals surface area (Å²) in [7, 11) is 0. The summed E-state index contributed by atoms with van der Waals surface area (Å²) in [6.07, 6.45) is 4.02. The Labute approximate surface area is 108 Å². The Morgan fingerprint density at radius 2 is 2.11 bits per heavy atom. The lowest BCUT2D eigenvalue weighted by Crippen LogP contribution is -2.14. The Kier molecular flexibility index (Phi) is 4.97. The highest BCUT2D eigenvalue weighted by molar-refractivity contribution is 5.79. The van der Waals surface area contributed by atoms with Crippen LogP contribution in [0.15, 0.2) is 36.5 Å². The second-order valence-electron chi connectivity index (χ2n) is 4.27. The van der Waals surface area contributed by atoms with Crippen molar-refractivity contribution in [2.75, 3.05) is 19.7 Å². The van der Waals surface area contributed by atoms with Gasteiger partial charge < -0.3 is 10.1 Å². The molecule has 2 aromatic rings. The fourth-order valence-corrected chi connectivity index (χ4v) is 1.85. The van der Waals surface area contributed by atoms with E-state index in [1.54, 1.807) is 6.20 Å². The monoisotopic (exact) mass is 244 g/mol. The SMILES string of the molecule is CCNCCCCOc1cnc2ccccc2c1. The van der Waals surface area contributed by atoms with Crippen LogP contribution in [0.1, 0.15) is 19.8 Å². The predicted molar refractivity (Wildman–Crippen MR) is 75.0 cm³/mol. The Balaban J connectivity index is 1.81. The van der Waals surface area contributed by atoms with Crippen LogP contribution in [0.25, 0.3) is 10.9 Å². The van der Waals surface area contributed by atoms with Crippen LogP contribution < -0.4 is 10.1 Å². The minimum absolute atomic E-state index is 0.755. The van der Waals surface area contributed by atoms with E-state index in [0.717, 1.165) is 49.2 Å². The summed E-state index contributed by atoms with van der Waals surface area (Å²) in [4.78, 5) is 4.37. The van der Waals surface area contributed by atoms with Crippen LogP contribution in [0.5, 0.6) is 5.75 Å². The molecule has 1 heterocycles. The molecule has 0 saturated heterocycles. The fourth-order valence-electron chi connectivity index (χ4n) is 1.85. The van der Waals surface area contributed by atoms with E-state index in [1.807, 2.05) is 24.3 Å². The van der Waals surface area contributed by atoms with Gasteiger partial charge in [0.25, 0.3) is 0 Å².